The Bertz CT molecular complexity index is 1090. The molecule has 2 aromatic carbocycles. The molecular formula is C25H34N2O5S. The Morgan fingerprint density at radius 2 is 1.70 bits per heavy atom. The first-order valence-corrected chi connectivity index (χ1v) is 12.8. The zero-order chi connectivity index (χ0) is 24.2. The predicted octanol–water partition coefficient (Wildman–Crippen LogP) is 4.71. The molecule has 3 rings (SSSR count). The van der Waals surface area contributed by atoms with E-state index in [2.05, 4.69) is 19.2 Å². The highest BCUT2D eigenvalue weighted by atomic mass is 32.2. The van der Waals surface area contributed by atoms with Gasteiger partial charge in [-0.25, -0.2) is 8.42 Å². The number of nitrogens with zero attached hydrogens (tertiary/aromatic N) is 1. The number of hydrogen-bond acceptors (Lipinski definition) is 5. The molecule has 0 saturated carbocycles. The molecule has 1 amide bonds. The summed E-state index contributed by atoms with van der Waals surface area (Å²) in [6.45, 7) is 8.80. The fourth-order valence-corrected chi connectivity index (χ4v) is 5.44. The van der Waals surface area contributed by atoms with Crippen LogP contribution in [-0.4, -0.2) is 44.9 Å². The van der Waals surface area contributed by atoms with Gasteiger partial charge in [0.1, 0.15) is 11.5 Å². The minimum absolute atomic E-state index is 0.134. The van der Waals surface area contributed by atoms with Gasteiger partial charge >= 0.3 is 0 Å². The van der Waals surface area contributed by atoms with Crippen LogP contribution in [0.5, 0.6) is 11.5 Å². The average Bonchev–Trinajstić information content (AvgIpc) is 2.79. The summed E-state index contributed by atoms with van der Waals surface area (Å²) >= 11 is 0. The fraction of sp³-hybridized carbons (Fsp3) is 0.480. The number of piperidine rings is 1. The lowest BCUT2D eigenvalue weighted by atomic mass is 10.0. The molecule has 1 aliphatic rings. The third-order valence-corrected chi connectivity index (χ3v) is 7.74. The number of amides is 1. The van der Waals surface area contributed by atoms with E-state index in [0.717, 1.165) is 30.4 Å². The van der Waals surface area contributed by atoms with Gasteiger partial charge in [0.25, 0.3) is 5.91 Å². The van der Waals surface area contributed by atoms with E-state index in [1.807, 2.05) is 25.1 Å². The van der Waals surface area contributed by atoms with Gasteiger partial charge in [0.05, 0.1) is 17.7 Å². The smallest absolute Gasteiger partial charge is 0.265 e. The van der Waals surface area contributed by atoms with Crippen molar-refractivity contribution in [3.63, 3.8) is 0 Å². The Hall–Kier alpha value is -2.58. The molecule has 1 aliphatic heterocycles. The van der Waals surface area contributed by atoms with Crippen molar-refractivity contribution < 1.29 is 22.7 Å². The van der Waals surface area contributed by atoms with E-state index < -0.39 is 22.0 Å². The average molecular weight is 475 g/mol. The summed E-state index contributed by atoms with van der Waals surface area (Å²) in [6, 6.07) is 10.5. The van der Waals surface area contributed by atoms with E-state index in [1.54, 1.807) is 13.0 Å². The van der Waals surface area contributed by atoms with Gasteiger partial charge in [-0.3, -0.25) is 4.79 Å². The normalized spacial score (nSPS) is 15.8. The highest BCUT2D eigenvalue weighted by Gasteiger charge is 2.27. The summed E-state index contributed by atoms with van der Waals surface area (Å²) in [6.07, 6.45) is 1.94. The van der Waals surface area contributed by atoms with Gasteiger partial charge in [-0.1, -0.05) is 32.4 Å². The van der Waals surface area contributed by atoms with E-state index in [-0.39, 0.29) is 10.8 Å². The van der Waals surface area contributed by atoms with E-state index in [0.29, 0.717) is 30.3 Å². The first-order valence-electron chi connectivity index (χ1n) is 11.4. The molecule has 180 valence electrons. The van der Waals surface area contributed by atoms with E-state index in [4.69, 9.17) is 9.47 Å². The maximum absolute atomic E-state index is 13.1. The molecule has 0 aromatic heterocycles. The van der Waals surface area contributed by atoms with Crippen LogP contribution in [0.25, 0.3) is 0 Å². The summed E-state index contributed by atoms with van der Waals surface area (Å²) in [5, 5.41) is 2.79. The number of carbonyl (C=O) groups is 1. The number of sulfonamides is 1. The summed E-state index contributed by atoms with van der Waals surface area (Å²) in [4.78, 5) is 13.1. The Morgan fingerprint density at radius 1 is 1.00 bits per heavy atom. The number of benzene rings is 2. The van der Waals surface area contributed by atoms with Crippen molar-refractivity contribution in [3.8, 4) is 11.5 Å². The Morgan fingerprint density at radius 3 is 2.33 bits per heavy atom. The van der Waals surface area contributed by atoms with Crippen LogP contribution in [0.1, 0.15) is 57.1 Å². The Kier molecular flexibility index (Phi) is 8.02. The summed E-state index contributed by atoms with van der Waals surface area (Å²) in [5.74, 6) is 0.900. The molecule has 0 spiro atoms. The van der Waals surface area contributed by atoms with Crippen LogP contribution >= 0.6 is 0 Å². The van der Waals surface area contributed by atoms with E-state index >= 15 is 0 Å². The molecule has 7 nitrogen and oxygen atoms in total. The molecule has 1 saturated heterocycles. The van der Waals surface area contributed by atoms with Gasteiger partial charge in [0, 0.05) is 13.1 Å². The van der Waals surface area contributed by atoms with Crippen molar-refractivity contribution >= 4 is 21.6 Å². The molecule has 8 heteroatoms. The van der Waals surface area contributed by atoms with Crippen molar-refractivity contribution in [3.05, 3.63) is 47.5 Å². The fourth-order valence-electron chi connectivity index (χ4n) is 3.90. The molecule has 1 N–H and O–H groups in total. The van der Waals surface area contributed by atoms with Gasteiger partial charge in [-0.15, -0.1) is 0 Å². The maximum atomic E-state index is 13.1. The van der Waals surface area contributed by atoms with Crippen LogP contribution in [-0.2, 0) is 14.8 Å². The number of rotatable bonds is 8. The second-order valence-electron chi connectivity index (χ2n) is 8.77. The van der Waals surface area contributed by atoms with Crippen LogP contribution in [0.15, 0.2) is 41.3 Å². The standard InChI is InChI=1S/C25H34N2O5S/c1-17(2)21-11-9-18(3)15-24(21)32-19(4)25(28)26-22-16-20(10-12-23(22)31-5)33(29,30)27-13-7-6-8-14-27/h9-12,15-17,19H,6-8,13-14H2,1-5H3,(H,26,28)/t19-/m0/s1. The third-order valence-electron chi connectivity index (χ3n) is 5.85. The largest absolute Gasteiger partial charge is 0.495 e. The van der Waals surface area contributed by atoms with Crippen LogP contribution in [0.3, 0.4) is 0 Å². The van der Waals surface area contributed by atoms with Gasteiger partial charge < -0.3 is 14.8 Å². The second kappa shape index (κ2) is 10.6. The quantitative estimate of drug-likeness (QED) is 0.599. The molecule has 0 aliphatic carbocycles. The predicted molar refractivity (Wildman–Crippen MR) is 130 cm³/mol. The number of hydrogen-bond donors (Lipinski definition) is 1. The molecular weight excluding hydrogens is 440 g/mol. The van der Waals surface area contributed by atoms with E-state index in [9.17, 15) is 13.2 Å². The molecule has 0 bridgehead atoms. The Labute approximate surface area is 197 Å². The molecule has 1 heterocycles. The van der Waals surface area contributed by atoms with Gasteiger partial charge in [-0.05, 0) is 68.0 Å². The number of ether oxygens (including phenoxy) is 2. The lowest BCUT2D eigenvalue weighted by Gasteiger charge is -2.26. The minimum Gasteiger partial charge on any atom is -0.495 e. The summed E-state index contributed by atoms with van der Waals surface area (Å²) in [5.41, 5.74) is 2.36. The molecule has 0 radical (unpaired) electrons. The lowest BCUT2D eigenvalue weighted by Crippen LogP contribution is -2.35. The zero-order valence-corrected chi connectivity index (χ0v) is 20.9. The third kappa shape index (κ3) is 5.86. The lowest BCUT2D eigenvalue weighted by molar-refractivity contribution is -0.122. The monoisotopic (exact) mass is 474 g/mol. The molecule has 0 unspecified atom stereocenters. The van der Waals surface area contributed by atoms with Gasteiger partial charge in [-0.2, -0.15) is 4.31 Å². The van der Waals surface area contributed by atoms with Crippen LogP contribution in [0, 0.1) is 6.92 Å². The number of anilines is 1. The summed E-state index contributed by atoms with van der Waals surface area (Å²) in [7, 11) is -2.16. The second-order valence-corrected chi connectivity index (χ2v) is 10.7. The molecule has 1 atom stereocenters. The number of nitrogens with one attached hydrogen (secondary N) is 1. The maximum Gasteiger partial charge on any atom is 0.265 e. The van der Waals surface area contributed by atoms with Crippen LogP contribution in [0.4, 0.5) is 5.69 Å². The Balaban J connectivity index is 1.81. The number of aryl methyl sites for hydroxylation is 1. The van der Waals surface area contributed by atoms with Gasteiger partial charge in [0.2, 0.25) is 10.0 Å². The van der Waals surface area contributed by atoms with Crippen molar-refractivity contribution in [1.82, 2.24) is 4.31 Å². The SMILES string of the molecule is COc1ccc(S(=O)(=O)N2CCCCC2)cc1NC(=O)[C@H](C)Oc1cc(C)ccc1C(C)C. The van der Waals surface area contributed by atoms with Crippen molar-refractivity contribution in [2.24, 2.45) is 0 Å². The highest BCUT2D eigenvalue weighted by Crippen LogP contribution is 2.31. The molecule has 2 aromatic rings. The number of carbonyl (C=O) groups excluding carboxylic acids is 1. The first kappa shape index (κ1) is 25.1. The number of methoxy groups -OCH3 is 1. The van der Waals surface area contributed by atoms with E-state index in [1.165, 1.54) is 23.5 Å². The topological polar surface area (TPSA) is 84.9 Å². The van der Waals surface area contributed by atoms with Crippen LogP contribution < -0.4 is 14.8 Å². The zero-order valence-electron chi connectivity index (χ0n) is 20.1. The van der Waals surface area contributed by atoms with Crippen molar-refractivity contribution in [1.29, 1.82) is 0 Å². The molecule has 33 heavy (non-hydrogen) atoms. The van der Waals surface area contributed by atoms with Crippen LogP contribution in [0.2, 0.25) is 0 Å². The van der Waals surface area contributed by atoms with Gasteiger partial charge in [0.15, 0.2) is 6.10 Å². The summed E-state index contributed by atoms with van der Waals surface area (Å²) < 4.78 is 39.0. The van der Waals surface area contributed by atoms with Crippen molar-refractivity contribution in [2.75, 3.05) is 25.5 Å². The highest BCUT2D eigenvalue weighted by molar-refractivity contribution is 7.89. The minimum atomic E-state index is -3.64. The van der Waals surface area contributed by atoms with Crippen molar-refractivity contribution in [2.45, 2.75) is 63.9 Å². The first-order chi connectivity index (χ1) is 15.6. The molecule has 1 fully saturated rings.